The van der Waals surface area contributed by atoms with Crippen molar-refractivity contribution < 1.29 is 39.9 Å². The lowest BCUT2D eigenvalue weighted by Gasteiger charge is -2.23. The fourth-order valence-electron chi connectivity index (χ4n) is 4.09. The number of alkyl halides is 3. The maximum absolute atomic E-state index is 14.1. The van der Waals surface area contributed by atoms with Gasteiger partial charge in [-0.2, -0.15) is 4.31 Å². The molecule has 0 saturated carbocycles. The Kier molecular flexibility index (Phi) is 7.51. The van der Waals surface area contributed by atoms with Gasteiger partial charge in [0, 0.05) is 13.1 Å². The first-order chi connectivity index (χ1) is 17.4. The van der Waals surface area contributed by atoms with Gasteiger partial charge in [0.1, 0.15) is 11.9 Å². The van der Waals surface area contributed by atoms with Gasteiger partial charge in [-0.3, -0.25) is 4.79 Å². The molecule has 1 N–H and O–H groups in total. The molecule has 196 valence electrons. The van der Waals surface area contributed by atoms with E-state index in [2.05, 4.69) is 10.1 Å². The number of ether oxygens (including phenoxy) is 1. The van der Waals surface area contributed by atoms with Crippen molar-refractivity contribution in [2.45, 2.75) is 36.7 Å². The van der Waals surface area contributed by atoms with Gasteiger partial charge in [-0.1, -0.05) is 24.3 Å². The minimum absolute atomic E-state index is 0.0331. The number of hydrogen-bond donors (Lipinski definition) is 1. The molecule has 4 rings (SSSR count). The van der Waals surface area contributed by atoms with Gasteiger partial charge in [0.05, 0.1) is 4.90 Å². The standard InChI is InChI=1S/C25H21F5N2O4S/c26-19-7-9-20(10-8-19)37(34,35)32-12-2-5-22(32)24(33)31-15-16-3-1-4-17(13-16)18-6-11-23(21(27)14-18)36-25(28,29)30/h1,3-4,6-11,13-14,22H,2,5,12,15H2,(H,31,33)/t22-/m0/s1. The zero-order valence-electron chi connectivity index (χ0n) is 19.1. The number of benzene rings is 3. The average molecular weight is 541 g/mol. The highest BCUT2D eigenvalue weighted by molar-refractivity contribution is 7.89. The third kappa shape index (κ3) is 6.25. The Morgan fingerprint density at radius 2 is 1.70 bits per heavy atom. The number of amides is 1. The second-order valence-electron chi connectivity index (χ2n) is 8.34. The van der Waals surface area contributed by atoms with E-state index < -0.39 is 45.7 Å². The van der Waals surface area contributed by atoms with Crippen LogP contribution in [0.25, 0.3) is 11.1 Å². The molecule has 12 heteroatoms. The lowest BCUT2D eigenvalue weighted by atomic mass is 10.0. The number of carbonyl (C=O) groups excluding carboxylic acids is 1. The third-order valence-electron chi connectivity index (χ3n) is 5.81. The van der Waals surface area contributed by atoms with Crippen molar-refractivity contribution in [3.05, 3.63) is 83.9 Å². The minimum atomic E-state index is -5.02. The van der Waals surface area contributed by atoms with Crippen molar-refractivity contribution in [3.63, 3.8) is 0 Å². The Labute approximate surface area is 209 Å². The largest absolute Gasteiger partial charge is 0.573 e. The van der Waals surface area contributed by atoms with E-state index in [1.807, 2.05) is 0 Å². The van der Waals surface area contributed by atoms with E-state index >= 15 is 0 Å². The maximum atomic E-state index is 14.1. The zero-order chi connectivity index (χ0) is 26.8. The van der Waals surface area contributed by atoms with Crippen LogP contribution in [-0.4, -0.2) is 37.6 Å². The quantitative estimate of drug-likeness (QED) is 0.428. The van der Waals surface area contributed by atoms with Crippen molar-refractivity contribution in [2.24, 2.45) is 0 Å². The number of carbonyl (C=O) groups is 1. The van der Waals surface area contributed by atoms with Gasteiger partial charge in [0.15, 0.2) is 11.6 Å². The molecule has 0 aliphatic carbocycles. The molecule has 1 fully saturated rings. The molecule has 1 saturated heterocycles. The summed E-state index contributed by atoms with van der Waals surface area (Å²) in [5, 5.41) is 2.70. The SMILES string of the molecule is O=C(NCc1cccc(-c2ccc(OC(F)(F)F)c(F)c2)c1)[C@@H]1CCCN1S(=O)(=O)c1ccc(F)cc1. The molecule has 0 unspecified atom stereocenters. The van der Waals surface area contributed by atoms with Gasteiger partial charge < -0.3 is 10.1 Å². The molecule has 0 spiro atoms. The van der Waals surface area contributed by atoms with Crippen LogP contribution in [0.3, 0.4) is 0 Å². The van der Waals surface area contributed by atoms with Crippen molar-refractivity contribution in [1.29, 1.82) is 0 Å². The van der Waals surface area contributed by atoms with Gasteiger partial charge in [-0.05, 0) is 72.0 Å². The molecule has 37 heavy (non-hydrogen) atoms. The van der Waals surface area contributed by atoms with Crippen molar-refractivity contribution in [1.82, 2.24) is 9.62 Å². The predicted molar refractivity (Wildman–Crippen MR) is 124 cm³/mol. The highest BCUT2D eigenvalue weighted by atomic mass is 32.2. The van der Waals surface area contributed by atoms with E-state index in [0.717, 1.165) is 40.7 Å². The molecule has 1 aliphatic rings. The fraction of sp³-hybridized carbons (Fsp3) is 0.240. The molecule has 0 aromatic heterocycles. The summed E-state index contributed by atoms with van der Waals surface area (Å²) in [4.78, 5) is 12.8. The van der Waals surface area contributed by atoms with Crippen LogP contribution < -0.4 is 10.1 Å². The molecule has 0 radical (unpaired) electrons. The predicted octanol–water partition coefficient (Wildman–Crippen LogP) is 5.00. The maximum Gasteiger partial charge on any atom is 0.573 e. The lowest BCUT2D eigenvalue weighted by molar-refractivity contribution is -0.275. The minimum Gasteiger partial charge on any atom is -0.403 e. The fourth-order valence-corrected chi connectivity index (χ4v) is 5.74. The highest BCUT2D eigenvalue weighted by Gasteiger charge is 2.39. The molecule has 1 atom stereocenters. The van der Waals surface area contributed by atoms with Gasteiger partial charge in [0.2, 0.25) is 15.9 Å². The summed E-state index contributed by atoms with van der Waals surface area (Å²) in [7, 11) is -4.00. The Morgan fingerprint density at radius 1 is 1.00 bits per heavy atom. The summed E-state index contributed by atoms with van der Waals surface area (Å²) >= 11 is 0. The Bertz CT molecular complexity index is 1390. The van der Waals surface area contributed by atoms with Gasteiger partial charge in [0.25, 0.3) is 0 Å². The van der Waals surface area contributed by atoms with E-state index in [1.165, 1.54) is 6.07 Å². The molecule has 3 aromatic carbocycles. The van der Waals surface area contributed by atoms with Gasteiger partial charge >= 0.3 is 6.36 Å². The van der Waals surface area contributed by atoms with Crippen LogP contribution in [0.1, 0.15) is 18.4 Å². The summed E-state index contributed by atoms with van der Waals surface area (Å²) in [6.45, 7) is 0.179. The van der Waals surface area contributed by atoms with E-state index in [9.17, 15) is 35.2 Å². The van der Waals surface area contributed by atoms with Crippen LogP contribution in [0.5, 0.6) is 5.75 Å². The first-order valence-corrected chi connectivity index (χ1v) is 12.6. The number of hydrogen-bond acceptors (Lipinski definition) is 4. The van der Waals surface area contributed by atoms with E-state index in [0.29, 0.717) is 29.5 Å². The van der Waals surface area contributed by atoms with Crippen molar-refractivity contribution >= 4 is 15.9 Å². The van der Waals surface area contributed by atoms with Gasteiger partial charge in [-0.25, -0.2) is 17.2 Å². The number of sulfonamides is 1. The highest BCUT2D eigenvalue weighted by Crippen LogP contribution is 2.30. The molecule has 0 bridgehead atoms. The zero-order valence-corrected chi connectivity index (χ0v) is 20.0. The Morgan fingerprint density at radius 3 is 2.38 bits per heavy atom. The lowest BCUT2D eigenvalue weighted by Crippen LogP contribution is -2.45. The van der Waals surface area contributed by atoms with Crippen LogP contribution in [0.2, 0.25) is 0 Å². The Hall–Kier alpha value is -3.51. The summed E-state index contributed by atoms with van der Waals surface area (Å²) in [5.74, 6) is -3.22. The average Bonchev–Trinajstić information content (AvgIpc) is 3.35. The van der Waals surface area contributed by atoms with Crippen molar-refractivity contribution in [2.75, 3.05) is 6.54 Å². The second-order valence-corrected chi connectivity index (χ2v) is 10.2. The molecule has 1 amide bonds. The molecular formula is C25H21F5N2O4S. The van der Waals surface area contributed by atoms with Crippen molar-refractivity contribution in [3.8, 4) is 16.9 Å². The summed E-state index contributed by atoms with van der Waals surface area (Å²) in [6.07, 6.45) is -4.22. The number of nitrogens with zero attached hydrogens (tertiary/aromatic N) is 1. The number of halogens is 5. The molecular weight excluding hydrogens is 519 g/mol. The van der Waals surface area contributed by atoms with Crippen LogP contribution in [0.4, 0.5) is 22.0 Å². The summed E-state index contributed by atoms with van der Waals surface area (Å²) in [6, 6.07) is 13.1. The Balaban J connectivity index is 1.44. The molecule has 1 heterocycles. The van der Waals surface area contributed by atoms with Crippen LogP contribution in [0.15, 0.2) is 71.6 Å². The molecule has 6 nitrogen and oxygen atoms in total. The van der Waals surface area contributed by atoms with Gasteiger partial charge in [-0.15, -0.1) is 13.2 Å². The summed E-state index contributed by atoms with van der Waals surface area (Å²) in [5.41, 5.74) is 1.39. The third-order valence-corrected chi connectivity index (χ3v) is 7.73. The number of rotatable bonds is 7. The monoisotopic (exact) mass is 540 g/mol. The van der Waals surface area contributed by atoms with E-state index in [4.69, 9.17) is 0 Å². The van der Waals surface area contributed by atoms with Crippen LogP contribution in [-0.2, 0) is 21.4 Å². The topological polar surface area (TPSA) is 75.7 Å². The van der Waals surface area contributed by atoms with E-state index in [-0.39, 0.29) is 18.0 Å². The number of nitrogens with one attached hydrogen (secondary N) is 1. The van der Waals surface area contributed by atoms with Crippen LogP contribution in [0, 0.1) is 11.6 Å². The first kappa shape index (κ1) is 26.6. The first-order valence-electron chi connectivity index (χ1n) is 11.1. The summed E-state index contributed by atoms with van der Waals surface area (Å²) < 4.78 is 95.2. The molecule has 1 aliphatic heterocycles. The smallest absolute Gasteiger partial charge is 0.403 e. The van der Waals surface area contributed by atoms with Crippen LogP contribution >= 0.6 is 0 Å². The van der Waals surface area contributed by atoms with E-state index in [1.54, 1.807) is 24.3 Å². The normalized spacial score (nSPS) is 16.5. The second kappa shape index (κ2) is 10.5. The molecule has 3 aromatic rings.